The summed E-state index contributed by atoms with van der Waals surface area (Å²) < 4.78 is 0. The molecular formula is C16H25ClN2O2. The van der Waals surface area contributed by atoms with E-state index in [0.29, 0.717) is 36.3 Å². The molecule has 1 aromatic rings. The molecule has 0 heterocycles. The first-order valence-electron chi connectivity index (χ1n) is 7.51. The summed E-state index contributed by atoms with van der Waals surface area (Å²) in [7, 11) is 0. The average molecular weight is 313 g/mol. The van der Waals surface area contributed by atoms with Crippen molar-refractivity contribution < 1.29 is 9.90 Å². The molecular weight excluding hydrogens is 288 g/mol. The second-order valence-electron chi connectivity index (χ2n) is 5.01. The lowest BCUT2D eigenvalue weighted by Gasteiger charge is -2.29. The van der Waals surface area contributed by atoms with Crippen LogP contribution in [-0.2, 0) is 4.79 Å². The van der Waals surface area contributed by atoms with Gasteiger partial charge in [0.2, 0.25) is 5.91 Å². The summed E-state index contributed by atoms with van der Waals surface area (Å²) >= 11 is 6.02. The molecule has 0 spiro atoms. The molecule has 4 nitrogen and oxygen atoms in total. The van der Waals surface area contributed by atoms with Crippen LogP contribution in [0.1, 0.15) is 33.1 Å². The molecule has 0 saturated heterocycles. The molecule has 0 unspecified atom stereocenters. The Balaban J connectivity index is 2.51. The number of halogens is 1. The highest BCUT2D eigenvalue weighted by Crippen LogP contribution is 2.20. The van der Waals surface area contributed by atoms with Crippen LogP contribution in [0.25, 0.3) is 0 Å². The summed E-state index contributed by atoms with van der Waals surface area (Å²) in [5, 5.41) is 12.5. The summed E-state index contributed by atoms with van der Waals surface area (Å²) in [6.07, 6.45) is 2.42. The largest absolute Gasteiger partial charge is 0.395 e. The fraction of sp³-hybridized carbons (Fsp3) is 0.562. The minimum atomic E-state index is -0.0583. The molecule has 0 saturated carbocycles. The van der Waals surface area contributed by atoms with E-state index in [1.54, 1.807) is 12.1 Å². The zero-order valence-electron chi connectivity index (χ0n) is 12.8. The van der Waals surface area contributed by atoms with Gasteiger partial charge in [-0.15, -0.1) is 0 Å². The van der Waals surface area contributed by atoms with Gasteiger partial charge in [0.05, 0.1) is 17.3 Å². The zero-order valence-corrected chi connectivity index (χ0v) is 13.6. The standard InChI is InChI=1S/C16H25ClN2O2/c1-3-13(4-2)19(11-12-20)10-9-16(21)18-15-8-6-5-7-14(15)17/h5-8,13,20H,3-4,9-12H2,1-2H3,(H,18,21). The number of carbonyl (C=O) groups excluding carboxylic acids is 1. The first-order chi connectivity index (χ1) is 10.1. The van der Waals surface area contributed by atoms with E-state index in [1.807, 2.05) is 12.1 Å². The molecule has 118 valence electrons. The molecule has 0 aliphatic heterocycles. The SMILES string of the molecule is CCC(CC)N(CCO)CCC(=O)Nc1ccccc1Cl. The summed E-state index contributed by atoms with van der Waals surface area (Å²) in [6, 6.07) is 7.61. The number of carbonyl (C=O) groups is 1. The molecule has 5 heteroatoms. The Morgan fingerprint density at radius 2 is 1.95 bits per heavy atom. The molecule has 0 aliphatic rings. The maximum atomic E-state index is 12.0. The number of benzene rings is 1. The van der Waals surface area contributed by atoms with Gasteiger partial charge in [-0.3, -0.25) is 9.69 Å². The molecule has 1 amide bonds. The molecule has 0 fully saturated rings. The molecule has 0 radical (unpaired) electrons. The van der Waals surface area contributed by atoms with Crippen LogP contribution in [0.2, 0.25) is 5.02 Å². The minimum absolute atomic E-state index is 0.0583. The van der Waals surface area contributed by atoms with Crippen molar-refractivity contribution in [2.45, 2.75) is 39.2 Å². The van der Waals surface area contributed by atoms with E-state index >= 15 is 0 Å². The number of hydrogen-bond donors (Lipinski definition) is 2. The minimum Gasteiger partial charge on any atom is -0.395 e. The first kappa shape index (κ1) is 18.0. The third kappa shape index (κ3) is 6.04. The van der Waals surface area contributed by atoms with E-state index in [1.165, 1.54) is 0 Å². The number of anilines is 1. The fourth-order valence-electron chi connectivity index (χ4n) is 2.43. The van der Waals surface area contributed by atoms with E-state index < -0.39 is 0 Å². The highest BCUT2D eigenvalue weighted by Gasteiger charge is 2.16. The Morgan fingerprint density at radius 1 is 1.29 bits per heavy atom. The predicted octanol–water partition coefficient (Wildman–Crippen LogP) is 3.15. The first-order valence-corrected chi connectivity index (χ1v) is 7.89. The van der Waals surface area contributed by atoms with Crippen molar-refractivity contribution in [3.63, 3.8) is 0 Å². The number of nitrogens with zero attached hydrogens (tertiary/aromatic N) is 1. The molecule has 0 atom stereocenters. The second-order valence-corrected chi connectivity index (χ2v) is 5.42. The van der Waals surface area contributed by atoms with Crippen molar-refractivity contribution in [2.24, 2.45) is 0 Å². The number of hydrogen-bond acceptors (Lipinski definition) is 3. The van der Waals surface area contributed by atoms with Crippen molar-refractivity contribution in [1.29, 1.82) is 0 Å². The Bertz CT molecular complexity index is 436. The van der Waals surface area contributed by atoms with Crippen molar-refractivity contribution in [2.75, 3.05) is 25.0 Å². The van der Waals surface area contributed by atoms with Crippen LogP contribution in [0.15, 0.2) is 24.3 Å². The Labute approximate surface area is 132 Å². The molecule has 1 rings (SSSR count). The normalized spacial score (nSPS) is 11.1. The second kappa shape index (κ2) is 9.77. The predicted molar refractivity (Wildman–Crippen MR) is 87.7 cm³/mol. The van der Waals surface area contributed by atoms with Crippen molar-refractivity contribution in [3.05, 3.63) is 29.3 Å². The summed E-state index contributed by atoms with van der Waals surface area (Å²) in [5.74, 6) is -0.0583. The molecule has 0 aromatic heterocycles. The number of aliphatic hydroxyl groups is 1. The van der Waals surface area contributed by atoms with E-state index in [2.05, 4.69) is 24.1 Å². The van der Waals surface area contributed by atoms with Crippen molar-refractivity contribution in [1.82, 2.24) is 4.90 Å². The number of rotatable bonds is 9. The van der Waals surface area contributed by atoms with E-state index in [0.717, 1.165) is 12.8 Å². The van der Waals surface area contributed by atoms with Gasteiger partial charge in [-0.2, -0.15) is 0 Å². The lowest BCUT2D eigenvalue weighted by molar-refractivity contribution is -0.116. The molecule has 0 aliphatic carbocycles. The van der Waals surface area contributed by atoms with Gasteiger partial charge in [-0.25, -0.2) is 0 Å². The van der Waals surface area contributed by atoms with Gasteiger partial charge in [0.15, 0.2) is 0 Å². The van der Waals surface area contributed by atoms with Crippen LogP contribution < -0.4 is 5.32 Å². The number of nitrogens with one attached hydrogen (secondary N) is 1. The highest BCUT2D eigenvalue weighted by molar-refractivity contribution is 6.33. The molecule has 1 aromatic carbocycles. The summed E-state index contributed by atoms with van der Waals surface area (Å²) in [6.45, 7) is 5.61. The van der Waals surface area contributed by atoms with Gasteiger partial charge in [0.1, 0.15) is 0 Å². The van der Waals surface area contributed by atoms with Gasteiger partial charge in [-0.05, 0) is 25.0 Å². The monoisotopic (exact) mass is 312 g/mol. The van der Waals surface area contributed by atoms with Crippen LogP contribution >= 0.6 is 11.6 Å². The van der Waals surface area contributed by atoms with Crippen LogP contribution in [0.4, 0.5) is 5.69 Å². The third-order valence-corrected chi connectivity index (χ3v) is 3.95. The van der Waals surface area contributed by atoms with Gasteiger partial charge in [-0.1, -0.05) is 37.6 Å². The zero-order chi connectivity index (χ0) is 15.7. The van der Waals surface area contributed by atoms with E-state index in [4.69, 9.17) is 16.7 Å². The molecule has 2 N–H and O–H groups in total. The number of aliphatic hydroxyl groups excluding tert-OH is 1. The maximum absolute atomic E-state index is 12.0. The van der Waals surface area contributed by atoms with E-state index in [-0.39, 0.29) is 12.5 Å². The van der Waals surface area contributed by atoms with Gasteiger partial charge < -0.3 is 10.4 Å². The van der Waals surface area contributed by atoms with Crippen molar-refractivity contribution >= 4 is 23.2 Å². The van der Waals surface area contributed by atoms with Crippen LogP contribution in [0.3, 0.4) is 0 Å². The summed E-state index contributed by atoms with van der Waals surface area (Å²) in [4.78, 5) is 14.2. The topological polar surface area (TPSA) is 52.6 Å². The highest BCUT2D eigenvalue weighted by atomic mass is 35.5. The number of amides is 1. The molecule has 0 bridgehead atoms. The van der Waals surface area contributed by atoms with Crippen LogP contribution in [0, 0.1) is 0 Å². The smallest absolute Gasteiger partial charge is 0.225 e. The van der Waals surface area contributed by atoms with Crippen LogP contribution in [-0.4, -0.2) is 41.7 Å². The number of para-hydroxylation sites is 1. The average Bonchev–Trinajstić information content (AvgIpc) is 2.48. The van der Waals surface area contributed by atoms with Gasteiger partial charge >= 0.3 is 0 Å². The van der Waals surface area contributed by atoms with Gasteiger partial charge in [0, 0.05) is 25.6 Å². The van der Waals surface area contributed by atoms with Crippen LogP contribution in [0.5, 0.6) is 0 Å². The van der Waals surface area contributed by atoms with Gasteiger partial charge in [0.25, 0.3) is 0 Å². The van der Waals surface area contributed by atoms with Crippen molar-refractivity contribution in [3.8, 4) is 0 Å². The Morgan fingerprint density at radius 3 is 2.52 bits per heavy atom. The molecule has 21 heavy (non-hydrogen) atoms. The third-order valence-electron chi connectivity index (χ3n) is 3.62. The maximum Gasteiger partial charge on any atom is 0.225 e. The van der Waals surface area contributed by atoms with E-state index in [9.17, 15) is 4.79 Å². The Kier molecular flexibility index (Phi) is 8.35. The lowest BCUT2D eigenvalue weighted by atomic mass is 10.1. The lowest BCUT2D eigenvalue weighted by Crippen LogP contribution is -2.38. The Hall–Kier alpha value is -1.10. The summed E-state index contributed by atoms with van der Waals surface area (Å²) in [5.41, 5.74) is 0.639. The quantitative estimate of drug-likeness (QED) is 0.736. The fourth-order valence-corrected chi connectivity index (χ4v) is 2.61.